The van der Waals surface area contributed by atoms with Gasteiger partial charge in [0.2, 0.25) is 0 Å². The second-order valence-electron chi connectivity index (χ2n) is 4.44. The fourth-order valence-electron chi connectivity index (χ4n) is 1.78. The number of hydrogen-bond acceptors (Lipinski definition) is 4. The SMILES string of the molecule is COc1ccc(/C=N\NC(=O)[C@H](O)c2ccccc2)cc1Br. The highest BCUT2D eigenvalue weighted by atomic mass is 79.9. The van der Waals surface area contributed by atoms with Crippen LogP contribution in [0.2, 0.25) is 0 Å². The molecule has 0 aliphatic rings. The second kappa shape index (κ2) is 7.72. The van der Waals surface area contributed by atoms with E-state index in [0.29, 0.717) is 11.3 Å². The predicted octanol–water partition coefficient (Wildman–Crippen LogP) is 2.64. The number of amides is 1. The van der Waals surface area contributed by atoms with Gasteiger partial charge in [-0.1, -0.05) is 30.3 Å². The first kappa shape index (κ1) is 16.2. The number of rotatable bonds is 5. The Kier molecular flexibility index (Phi) is 5.68. The Morgan fingerprint density at radius 2 is 2.05 bits per heavy atom. The van der Waals surface area contributed by atoms with Gasteiger partial charge in [0.05, 0.1) is 17.8 Å². The molecule has 0 aliphatic heterocycles. The largest absolute Gasteiger partial charge is 0.496 e. The molecule has 2 aromatic carbocycles. The number of carbonyl (C=O) groups is 1. The van der Waals surface area contributed by atoms with E-state index in [1.54, 1.807) is 43.5 Å². The number of benzene rings is 2. The van der Waals surface area contributed by atoms with Gasteiger partial charge in [-0.25, -0.2) is 5.43 Å². The van der Waals surface area contributed by atoms with Crippen molar-refractivity contribution in [2.24, 2.45) is 5.10 Å². The molecule has 0 aromatic heterocycles. The van der Waals surface area contributed by atoms with Gasteiger partial charge in [-0.05, 0) is 45.3 Å². The Hall–Kier alpha value is -2.18. The molecule has 0 unspecified atom stereocenters. The van der Waals surface area contributed by atoms with E-state index >= 15 is 0 Å². The first-order chi connectivity index (χ1) is 10.6. The highest BCUT2D eigenvalue weighted by molar-refractivity contribution is 9.10. The molecule has 0 saturated heterocycles. The summed E-state index contributed by atoms with van der Waals surface area (Å²) in [5.74, 6) is 0.121. The fourth-order valence-corrected chi connectivity index (χ4v) is 2.34. The maximum Gasteiger partial charge on any atom is 0.273 e. The quantitative estimate of drug-likeness (QED) is 0.634. The minimum absolute atomic E-state index is 0.516. The monoisotopic (exact) mass is 362 g/mol. The van der Waals surface area contributed by atoms with Gasteiger partial charge in [0.25, 0.3) is 5.91 Å². The Bertz CT molecular complexity index is 674. The van der Waals surface area contributed by atoms with Gasteiger partial charge in [0.1, 0.15) is 5.75 Å². The van der Waals surface area contributed by atoms with Crippen LogP contribution in [0, 0.1) is 0 Å². The zero-order chi connectivity index (χ0) is 15.9. The van der Waals surface area contributed by atoms with E-state index in [1.807, 2.05) is 12.1 Å². The van der Waals surface area contributed by atoms with Crippen LogP contribution < -0.4 is 10.2 Å². The maximum absolute atomic E-state index is 11.8. The molecule has 0 spiro atoms. The molecule has 1 amide bonds. The van der Waals surface area contributed by atoms with Crippen molar-refractivity contribution >= 4 is 28.1 Å². The van der Waals surface area contributed by atoms with Crippen LogP contribution >= 0.6 is 15.9 Å². The Morgan fingerprint density at radius 3 is 2.68 bits per heavy atom. The number of carbonyl (C=O) groups excluding carboxylic acids is 1. The van der Waals surface area contributed by atoms with Crippen molar-refractivity contribution < 1.29 is 14.6 Å². The van der Waals surface area contributed by atoms with Gasteiger partial charge in [-0.15, -0.1) is 0 Å². The van der Waals surface area contributed by atoms with Gasteiger partial charge in [-0.2, -0.15) is 5.10 Å². The van der Waals surface area contributed by atoms with Crippen LogP contribution in [0.1, 0.15) is 17.2 Å². The lowest BCUT2D eigenvalue weighted by molar-refractivity contribution is -0.129. The van der Waals surface area contributed by atoms with E-state index in [-0.39, 0.29) is 0 Å². The van der Waals surface area contributed by atoms with Crippen molar-refractivity contribution in [2.45, 2.75) is 6.10 Å². The highest BCUT2D eigenvalue weighted by Gasteiger charge is 2.15. The average molecular weight is 363 g/mol. The highest BCUT2D eigenvalue weighted by Crippen LogP contribution is 2.24. The molecule has 1 atom stereocenters. The van der Waals surface area contributed by atoms with Crippen molar-refractivity contribution in [1.29, 1.82) is 0 Å². The summed E-state index contributed by atoms with van der Waals surface area (Å²) >= 11 is 3.37. The summed E-state index contributed by atoms with van der Waals surface area (Å²) in [7, 11) is 1.58. The van der Waals surface area contributed by atoms with Gasteiger partial charge in [0, 0.05) is 0 Å². The predicted molar refractivity (Wildman–Crippen MR) is 87.8 cm³/mol. The summed E-state index contributed by atoms with van der Waals surface area (Å²) in [5.41, 5.74) is 3.61. The third-order valence-electron chi connectivity index (χ3n) is 2.93. The molecule has 0 aliphatic carbocycles. The minimum Gasteiger partial charge on any atom is -0.496 e. The molecule has 2 N–H and O–H groups in total. The molecular weight excluding hydrogens is 348 g/mol. The maximum atomic E-state index is 11.8. The number of aliphatic hydroxyl groups is 1. The van der Waals surface area contributed by atoms with E-state index in [1.165, 1.54) is 6.21 Å². The lowest BCUT2D eigenvalue weighted by atomic mass is 10.1. The molecule has 0 radical (unpaired) electrons. The van der Waals surface area contributed by atoms with E-state index in [4.69, 9.17) is 4.74 Å². The van der Waals surface area contributed by atoms with Gasteiger partial charge in [0.15, 0.2) is 6.10 Å². The van der Waals surface area contributed by atoms with Crippen LogP contribution in [0.5, 0.6) is 5.75 Å². The molecule has 22 heavy (non-hydrogen) atoms. The summed E-state index contributed by atoms with van der Waals surface area (Å²) in [5, 5.41) is 13.7. The third-order valence-corrected chi connectivity index (χ3v) is 3.55. The molecule has 0 bridgehead atoms. The number of nitrogens with one attached hydrogen (secondary N) is 1. The summed E-state index contributed by atoms with van der Waals surface area (Å²) in [6, 6.07) is 14.1. The number of hydrazone groups is 1. The topological polar surface area (TPSA) is 70.9 Å². The normalized spacial score (nSPS) is 12.1. The summed E-state index contributed by atoms with van der Waals surface area (Å²) in [4.78, 5) is 11.8. The molecule has 2 aromatic rings. The summed E-state index contributed by atoms with van der Waals surface area (Å²) < 4.78 is 5.92. The number of nitrogens with zero attached hydrogens (tertiary/aromatic N) is 1. The van der Waals surface area contributed by atoms with Gasteiger partial charge < -0.3 is 9.84 Å². The van der Waals surface area contributed by atoms with Crippen LogP contribution in [0.25, 0.3) is 0 Å². The van der Waals surface area contributed by atoms with E-state index < -0.39 is 12.0 Å². The van der Waals surface area contributed by atoms with Crippen LogP contribution in [0.3, 0.4) is 0 Å². The number of hydrogen-bond donors (Lipinski definition) is 2. The molecule has 6 heteroatoms. The number of ether oxygens (including phenoxy) is 1. The second-order valence-corrected chi connectivity index (χ2v) is 5.30. The Morgan fingerprint density at radius 1 is 1.32 bits per heavy atom. The molecule has 2 rings (SSSR count). The lowest BCUT2D eigenvalue weighted by Crippen LogP contribution is -2.25. The van der Waals surface area contributed by atoms with Crippen molar-refractivity contribution in [3.05, 3.63) is 64.1 Å². The number of methoxy groups -OCH3 is 1. The molecular formula is C16H15BrN2O3. The zero-order valence-electron chi connectivity index (χ0n) is 11.9. The molecule has 5 nitrogen and oxygen atoms in total. The Labute approximate surface area is 136 Å². The first-order valence-electron chi connectivity index (χ1n) is 6.51. The first-order valence-corrected chi connectivity index (χ1v) is 7.30. The van der Waals surface area contributed by atoms with Gasteiger partial charge in [-0.3, -0.25) is 4.79 Å². The number of halogens is 1. The molecule has 0 fully saturated rings. The zero-order valence-corrected chi connectivity index (χ0v) is 13.4. The Balaban J connectivity index is 1.97. The van der Waals surface area contributed by atoms with E-state index in [9.17, 15) is 9.90 Å². The smallest absolute Gasteiger partial charge is 0.273 e. The van der Waals surface area contributed by atoms with Crippen molar-refractivity contribution in [3.8, 4) is 5.75 Å². The number of aliphatic hydroxyl groups excluding tert-OH is 1. The van der Waals surface area contributed by atoms with Crippen molar-refractivity contribution in [2.75, 3.05) is 7.11 Å². The molecule has 114 valence electrons. The molecule has 0 saturated carbocycles. The van der Waals surface area contributed by atoms with Crippen LogP contribution in [0.15, 0.2) is 58.1 Å². The van der Waals surface area contributed by atoms with Crippen molar-refractivity contribution in [3.63, 3.8) is 0 Å². The lowest BCUT2D eigenvalue weighted by Gasteiger charge is -2.08. The molecule has 0 heterocycles. The van der Waals surface area contributed by atoms with Gasteiger partial charge >= 0.3 is 0 Å². The van der Waals surface area contributed by atoms with E-state index in [0.717, 1.165) is 10.0 Å². The van der Waals surface area contributed by atoms with Crippen LogP contribution in [0.4, 0.5) is 0 Å². The fraction of sp³-hybridized carbons (Fsp3) is 0.125. The average Bonchev–Trinajstić information content (AvgIpc) is 2.55. The van der Waals surface area contributed by atoms with Crippen LogP contribution in [-0.2, 0) is 4.79 Å². The standard InChI is InChI=1S/C16H15BrN2O3/c1-22-14-8-7-11(9-13(14)17)10-18-19-16(21)15(20)12-5-3-2-4-6-12/h2-10,15,20H,1H3,(H,19,21)/b18-10-/t15-/m1/s1. The summed E-state index contributed by atoms with van der Waals surface area (Å²) in [6.45, 7) is 0. The minimum atomic E-state index is -1.25. The summed E-state index contributed by atoms with van der Waals surface area (Å²) in [6.07, 6.45) is 0.237. The van der Waals surface area contributed by atoms with Crippen molar-refractivity contribution in [1.82, 2.24) is 5.43 Å². The third kappa shape index (κ3) is 4.16. The van der Waals surface area contributed by atoms with Crippen LogP contribution in [-0.4, -0.2) is 24.3 Å². The van der Waals surface area contributed by atoms with E-state index in [2.05, 4.69) is 26.5 Å².